The number of amides is 1. The summed E-state index contributed by atoms with van der Waals surface area (Å²) in [6.45, 7) is 4.43. The molecule has 3 aromatic rings. The molecule has 0 saturated heterocycles. The summed E-state index contributed by atoms with van der Waals surface area (Å²) in [6, 6.07) is 15.0. The van der Waals surface area contributed by atoms with E-state index >= 15 is 0 Å². The molecule has 1 amide bonds. The quantitative estimate of drug-likeness (QED) is 0.690. The van der Waals surface area contributed by atoms with Crippen molar-refractivity contribution in [3.8, 4) is 0 Å². The number of anilines is 1. The van der Waals surface area contributed by atoms with Crippen LogP contribution in [0.25, 0.3) is 0 Å². The molecule has 0 spiro atoms. The van der Waals surface area contributed by atoms with Crippen molar-refractivity contribution in [1.29, 1.82) is 0 Å². The lowest BCUT2D eigenvalue weighted by Crippen LogP contribution is -2.14. The Morgan fingerprint density at radius 2 is 1.80 bits per heavy atom. The van der Waals surface area contributed by atoms with Gasteiger partial charge >= 0.3 is 0 Å². The number of nitrogens with zero attached hydrogens (tertiary/aromatic N) is 2. The van der Waals surface area contributed by atoms with Gasteiger partial charge in [-0.1, -0.05) is 59.6 Å². The molecule has 128 valence electrons. The molecule has 0 aliphatic carbocycles. The van der Waals surface area contributed by atoms with Crippen molar-refractivity contribution in [1.82, 2.24) is 9.78 Å². The smallest absolute Gasteiger partial charge is 0.257 e. The summed E-state index contributed by atoms with van der Waals surface area (Å²) in [5, 5.41) is 8.03. The van der Waals surface area contributed by atoms with Crippen LogP contribution in [-0.4, -0.2) is 15.7 Å². The predicted octanol–water partition coefficient (Wildman–Crippen LogP) is 5.11. The Hall–Kier alpha value is -2.30. The van der Waals surface area contributed by atoms with E-state index in [0.29, 0.717) is 22.8 Å². The minimum absolute atomic E-state index is 0.244. The molecule has 1 N–H and O–H groups in total. The Morgan fingerprint density at radius 3 is 2.52 bits per heavy atom. The van der Waals surface area contributed by atoms with Gasteiger partial charge < -0.3 is 5.32 Å². The summed E-state index contributed by atoms with van der Waals surface area (Å²) >= 11 is 12.1. The molecule has 0 aliphatic rings. The van der Waals surface area contributed by atoms with Crippen LogP contribution in [0.3, 0.4) is 0 Å². The van der Waals surface area contributed by atoms with E-state index in [0.717, 1.165) is 17.0 Å². The molecule has 0 fully saturated rings. The van der Waals surface area contributed by atoms with Crippen molar-refractivity contribution in [3.63, 3.8) is 0 Å². The molecule has 0 bridgehead atoms. The van der Waals surface area contributed by atoms with Gasteiger partial charge in [0.2, 0.25) is 0 Å². The molecular weight excluding hydrogens is 357 g/mol. The second-order valence-electron chi connectivity index (χ2n) is 5.74. The fourth-order valence-electron chi connectivity index (χ4n) is 2.65. The van der Waals surface area contributed by atoms with Crippen LogP contribution in [0.1, 0.15) is 27.3 Å². The summed E-state index contributed by atoms with van der Waals surface area (Å²) in [7, 11) is 0. The Kier molecular flexibility index (Phi) is 5.11. The maximum atomic E-state index is 12.6. The van der Waals surface area contributed by atoms with E-state index in [-0.39, 0.29) is 10.9 Å². The van der Waals surface area contributed by atoms with Crippen LogP contribution in [0.2, 0.25) is 10.0 Å². The highest BCUT2D eigenvalue weighted by atomic mass is 35.5. The molecule has 0 radical (unpaired) electrons. The Bertz CT molecular complexity index is 920. The van der Waals surface area contributed by atoms with Crippen molar-refractivity contribution in [3.05, 3.63) is 81.1 Å². The summed E-state index contributed by atoms with van der Waals surface area (Å²) in [5.41, 5.74) is 3.80. The molecule has 0 unspecified atom stereocenters. The minimum Gasteiger partial charge on any atom is -0.319 e. The van der Waals surface area contributed by atoms with Gasteiger partial charge in [0.1, 0.15) is 0 Å². The highest BCUT2D eigenvalue weighted by molar-refractivity contribution is 6.44. The van der Waals surface area contributed by atoms with Gasteiger partial charge in [-0.2, -0.15) is 5.10 Å². The molecule has 3 rings (SSSR count). The lowest BCUT2D eigenvalue weighted by molar-refractivity contribution is 0.102. The van der Waals surface area contributed by atoms with Crippen molar-refractivity contribution in [2.24, 2.45) is 0 Å². The number of rotatable bonds is 4. The molecule has 6 heteroatoms. The van der Waals surface area contributed by atoms with Gasteiger partial charge in [-0.3, -0.25) is 9.48 Å². The molecule has 4 nitrogen and oxygen atoms in total. The predicted molar refractivity (Wildman–Crippen MR) is 102 cm³/mol. The first-order valence-corrected chi connectivity index (χ1v) is 8.56. The van der Waals surface area contributed by atoms with Gasteiger partial charge in [-0.25, -0.2) is 0 Å². The van der Waals surface area contributed by atoms with E-state index in [1.807, 2.05) is 48.9 Å². The normalized spacial score (nSPS) is 10.7. The van der Waals surface area contributed by atoms with Gasteiger partial charge in [0, 0.05) is 0 Å². The zero-order valence-electron chi connectivity index (χ0n) is 13.9. The second-order valence-corrected chi connectivity index (χ2v) is 6.53. The molecule has 1 aromatic heterocycles. The largest absolute Gasteiger partial charge is 0.319 e. The van der Waals surface area contributed by atoms with Crippen LogP contribution in [0.4, 0.5) is 5.69 Å². The first kappa shape index (κ1) is 17.5. The van der Waals surface area contributed by atoms with Gasteiger partial charge in [0.25, 0.3) is 5.91 Å². The number of carbonyl (C=O) groups is 1. The Labute approximate surface area is 156 Å². The van der Waals surface area contributed by atoms with Gasteiger partial charge in [-0.15, -0.1) is 0 Å². The monoisotopic (exact) mass is 373 g/mol. The zero-order valence-corrected chi connectivity index (χ0v) is 15.4. The van der Waals surface area contributed by atoms with Crippen molar-refractivity contribution < 1.29 is 4.79 Å². The fourth-order valence-corrected chi connectivity index (χ4v) is 3.03. The fraction of sp³-hybridized carbons (Fsp3) is 0.158. The first-order valence-electron chi connectivity index (χ1n) is 7.80. The standard InChI is InChI=1S/C19H17Cl2N3O/c1-12-18(22-19(25)15-9-6-10-16(20)17(15)21)13(2)24(23-12)11-14-7-4-3-5-8-14/h3-10H,11H2,1-2H3,(H,22,25). The summed E-state index contributed by atoms with van der Waals surface area (Å²) in [4.78, 5) is 12.6. The molecule has 0 aliphatic heterocycles. The third-order valence-electron chi connectivity index (χ3n) is 3.99. The number of hydrogen-bond acceptors (Lipinski definition) is 2. The van der Waals surface area contributed by atoms with E-state index in [1.165, 1.54) is 0 Å². The van der Waals surface area contributed by atoms with Crippen LogP contribution in [0.5, 0.6) is 0 Å². The summed E-state index contributed by atoms with van der Waals surface area (Å²) < 4.78 is 1.87. The molecule has 2 aromatic carbocycles. The molecule has 1 heterocycles. The number of carbonyl (C=O) groups excluding carboxylic acids is 1. The Morgan fingerprint density at radius 1 is 1.08 bits per heavy atom. The van der Waals surface area contributed by atoms with E-state index in [4.69, 9.17) is 23.2 Å². The van der Waals surface area contributed by atoms with Crippen LogP contribution >= 0.6 is 23.2 Å². The van der Waals surface area contributed by atoms with Crippen LogP contribution in [0.15, 0.2) is 48.5 Å². The third-order valence-corrected chi connectivity index (χ3v) is 4.81. The summed E-state index contributed by atoms with van der Waals surface area (Å²) in [5.74, 6) is -0.307. The molecule has 25 heavy (non-hydrogen) atoms. The maximum Gasteiger partial charge on any atom is 0.257 e. The van der Waals surface area contributed by atoms with Gasteiger partial charge in [0.15, 0.2) is 0 Å². The lowest BCUT2D eigenvalue weighted by atomic mass is 10.2. The van der Waals surface area contributed by atoms with Crippen molar-refractivity contribution >= 4 is 34.8 Å². The van der Waals surface area contributed by atoms with Crippen LogP contribution in [0, 0.1) is 13.8 Å². The average molecular weight is 374 g/mol. The highest BCUT2D eigenvalue weighted by Crippen LogP contribution is 2.27. The average Bonchev–Trinajstić information content (AvgIpc) is 2.85. The zero-order chi connectivity index (χ0) is 18.0. The number of nitrogens with one attached hydrogen (secondary N) is 1. The second kappa shape index (κ2) is 7.30. The lowest BCUT2D eigenvalue weighted by Gasteiger charge is -2.09. The SMILES string of the molecule is Cc1nn(Cc2ccccc2)c(C)c1NC(=O)c1cccc(Cl)c1Cl. The number of aromatic nitrogens is 2. The number of benzene rings is 2. The van der Waals surface area contributed by atoms with Crippen LogP contribution in [-0.2, 0) is 6.54 Å². The highest BCUT2D eigenvalue weighted by Gasteiger charge is 2.18. The molecular formula is C19H17Cl2N3O. The van der Waals surface area contributed by atoms with E-state index in [9.17, 15) is 4.79 Å². The van der Waals surface area contributed by atoms with Crippen molar-refractivity contribution in [2.75, 3.05) is 5.32 Å². The number of hydrogen-bond donors (Lipinski definition) is 1. The van der Waals surface area contributed by atoms with E-state index < -0.39 is 0 Å². The topological polar surface area (TPSA) is 46.9 Å². The number of halogens is 2. The van der Waals surface area contributed by atoms with Crippen LogP contribution < -0.4 is 5.32 Å². The van der Waals surface area contributed by atoms with Crippen molar-refractivity contribution in [2.45, 2.75) is 20.4 Å². The van der Waals surface area contributed by atoms with Gasteiger partial charge in [0.05, 0.1) is 39.2 Å². The van der Waals surface area contributed by atoms with Gasteiger partial charge in [-0.05, 0) is 31.5 Å². The third kappa shape index (κ3) is 3.70. The van der Waals surface area contributed by atoms with E-state index in [2.05, 4.69) is 10.4 Å². The number of aryl methyl sites for hydroxylation is 1. The molecule has 0 atom stereocenters. The molecule has 0 saturated carbocycles. The minimum atomic E-state index is -0.307. The summed E-state index contributed by atoms with van der Waals surface area (Å²) in [6.07, 6.45) is 0. The maximum absolute atomic E-state index is 12.6. The Balaban J connectivity index is 1.86. The van der Waals surface area contributed by atoms with E-state index in [1.54, 1.807) is 18.2 Å². The first-order chi connectivity index (χ1) is 12.0.